The minimum atomic E-state index is -0.695. The molecule has 0 bridgehead atoms. The first-order chi connectivity index (χ1) is 14.7. The quantitative estimate of drug-likeness (QED) is 0.132. The normalized spacial score (nSPS) is 12.9. The Morgan fingerprint density at radius 3 is 1.50 bits per heavy atom. The molecular weight excluding hydrogens is 368 g/mol. The predicted octanol–water partition coefficient (Wildman–Crippen LogP) is 9.64. The average Bonchev–Trinajstić information content (AvgIpc) is 2.73. The first-order valence-electron chi connectivity index (χ1n) is 13.2. The van der Waals surface area contributed by atoms with Crippen LogP contribution in [-0.4, -0.2) is 11.1 Å². The molecule has 176 valence electrons. The summed E-state index contributed by atoms with van der Waals surface area (Å²) in [5.74, 6) is 0.234. The molecule has 2 heteroatoms. The highest BCUT2D eigenvalue weighted by atomic mass is 16.4. The van der Waals surface area contributed by atoms with Gasteiger partial charge in [-0.15, -0.1) is 0 Å². The van der Waals surface area contributed by atoms with Crippen molar-refractivity contribution in [1.82, 2.24) is 0 Å². The first-order valence-corrected chi connectivity index (χ1v) is 13.2. The van der Waals surface area contributed by atoms with E-state index in [0.717, 1.165) is 31.6 Å². The minimum Gasteiger partial charge on any atom is -0.481 e. The smallest absolute Gasteiger partial charge is 0.303 e. The van der Waals surface area contributed by atoms with Gasteiger partial charge < -0.3 is 5.11 Å². The van der Waals surface area contributed by atoms with Crippen molar-refractivity contribution < 1.29 is 9.90 Å². The van der Waals surface area contributed by atoms with Gasteiger partial charge in [0.05, 0.1) is 0 Å². The molecule has 0 saturated heterocycles. The third kappa shape index (κ3) is 25.0. The van der Waals surface area contributed by atoms with Crippen LogP contribution in [0.1, 0.15) is 142 Å². The van der Waals surface area contributed by atoms with Crippen molar-refractivity contribution in [2.45, 2.75) is 142 Å². The van der Waals surface area contributed by atoms with Gasteiger partial charge in [0, 0.05) is 6.42 Å². The molecule has 0 heterocycles. The zero-order chi connectivity index (χ0) is 22.1. The van der Waals surface area contributed by atoms with Crippen LogP contribution in [0.5, 0.6) is 0 Å². The molecule has 0 fully saturated rings. The molecule has 0 aromatic rings. The molecule has 0 amide bonds. The summed E-state index contributed by atoms with van der Waals surface area (Å²) in [6.07, 6.45) is 34.1. The molecule has 0 saturated carbocycles. The number of carboxylic acids is 1. The van der Waals surface area contributed by atoms with Gasteiger partial charge >= 0.3 is 5.97 Å². The van der Waals surface area contributed by atoms with E-state index >= 15 is 0 Å². The van der Waals surface area contributed by atoms with E-state index in [1.165, 1.54) is 96.3 Å². The zero-order valence-electron chi connectivity index (χ0n) is 20.4. The fraction of sp³-hybridized carbons (Fsp3) is 0.821. The van der Waals surface area contributed by atoms with Gasteiger partial charge in [-0.1, -0.05) is 122 Å². The topological polar surface area (TPSA) is 37.3 Å². The molecule has 30 heavy (non-hydrogen) atoms. The van der Waals surface area contributed by atoms with Crippen molar-refractivity contribution in [2.24, 2.45) is 5.92 Å². The van der Waals surface area contributed by atoms with Crippen LogP contribution in [-0.2, 0) is 4.79 Å². The third-order valence-corrected chi connectivity index (χ3v) is 6.11. The fourth-order valence-corrected chi connectivity index (χ4v) is 3.76. The van der Waals surface area contributed by atoms with Crippen molar-refractivity contribution in [2.75, 3.05) is 0 Å². The Hall–Kier alpha value is -1.05. The van der Waals surface area contributed by atoms with Crippen molar-refractivity contribution in [3.8, 4) is 0 Å². The lowest BCUT2D eigenvalue weighted by molar-refractivity contribution is -0.137. The molecule has 2 nitrogen and oxygen atoms in total. The number of carbonyl (C=O) groups is 1. The van der Waals surface area contributed by atoms with Crippen LogP contribution in [0, 0.1) is 5.92 Å². The van der Waals surface area contributed by atoms with Crippen LogP contribution < -0.4 is 0 Å². The SMILES string of the molecule is CC[C@H](C)CCCCCCCCCCCCCC/C=C\CC/C=C\CCCC(=O)O. The molecule has 1 atom stereocenters. The second-order valence-electron chi connectivity index (χ2n) is 9.14. The van der Waals surface area contributed by atoms with E-state index in [1.807, 2.05) is 0 Å². The minimum absolute atomic E-state index is 0.281. The maximum absolute atomic E-state index is 10.4. The maximum atomic E-state index is 10.4. The van der Waals surface area contributed by atoms with Crippen molar-refractivity contribution in [1.29, 1.82) is 0 Å². The second kappa shape index (κ2) is 24.2. The van der Waals surface area contributed by atoms with Gasteiger partial charge in [0.2, 0.25) is 0 Å². The number of aliphatic carboxylic acids is 1. The molecule has 0 aliphatic rings. The van der Waals surface area contributed by atoms with E-state index in [2.05, 4.69) is 38.2 Å². The molecule has 0 unspecified atom stereocenters. The molecule has 0 aromatic carbocycles. The molecular formula is C28H52O2. The Labute approximate surface area is 188 Å². The molecule has 0 aromatic heterocycles. The lowest BCUT2D eigenvalue weighted by Gasteiger charge is -2.07. The lowest BCUT2D eigenvalue weighted by Crippen LogP contribution is -1.92. The summed E-state index contributed by atoms with van der Waals surface area (Å²) < 4.78 is 0. The Kier molecular flexibility index (Phi) is 23.4. The fourth-order valence-electron chi connectivity index (χ4n) is 3.76. The summed E-state index contributed by atoms with van der Waals surface area (Å²) in [4.78, 5) is 10.4. The largest absolute Gasteiger partial charge is 0.481 e. The van der Waals surface area contributed by atoms with Crippen molar-refractivity contribution in [3.63, 3.8) is 0 Å². The molecule has 0 spiro atoms. The average molecular weight is 421 g/mol. The summed E-state index contributed by atoms with van der Waals surface area (Å²) in [5.41, 5.74) is 0. The summed E-state index contributed by atoms with van der Waals surface area (Å²) >= 11 is 0. The van der Waals surface area contributed by atoms with Gasteiger partial charge in [-0.2, -0.15) is 0 Å². The standard InChI is InChI=1S/C28H52O2/c1-3-27(2)25-23-21-19-17-15-13-11-9-7-5-4-6-8-10-12-14-16-18-20-22-24-26-28(29)30/h10,12,18,20,27H,3-9,11,13-17,19,21-26H2,1-2H3,(H,29,30)/b12-10-,20-18-/t27-/m0/s1. The second-order valence-corrected chi connectivity index (χ2v) is 9.14. The van der Waals surface area contributed by atoms with Crippen molar-refractivity contribution >= 4 is 5.97 Å². The van der Waals surface area contributed by atoms with E-state index in [4.69, 9.17) is 5.11 Å². The summed E-state index contributed by atoms with van der Waals surface area (Å²) in [5, 5.41) is 8.56. The molecule has 1 N–H and O–H groups in total. The first kappa shape index (κ1) is 28.9. The Morgan fingerprint density at radius 2 is 1.03 bits per heavy atom. The number of unbranched alkanes of at least 4 members (excludes halogenated alkanes) is 14. The van der Waals surface area contributed by atoms with Crippen LogP contribution in [0.25, 0.3) is 0 Å². The van der Waals surface area contributed by atoms with Gasteiger partial charge in [-0.25, -0.2) is 0 Å². The van der Waals surface area contributed by atoms with Gasteiger partial charge in [-0.3, -0.25) is 4.79 Å². The highest BCUT2D eigenvalue weighted by Gasteiger charge is 1.98. The van der Waals surface area contributed by atoms with Crippen molar-refractivity contribution in [3.05, 3.63) is 24.3 Å². The van der Waals surface area contributed by atoms with Gasteiger partial charge in [0.15, 0.2) is 0 Å². The van der Waals surface area contributed by atoms with E-state index in [-0.39, 0.29) is 6.42 Å². The van der Waals surface area contributed by atoms with Crippen LogP contribution in [0.2, 0.25) is 0 Å². The van der Waals surface area contributed by atoms with Crippen LogP contribution in [0.3, 0.4) is 0 Å². The number of allylic oxidation sites excluding steroid dienone is 4. The maximum Gasteiger partial charge on any atom is 0.303 e. The molecule has 0 rings (SSSR count). The third-order valence-electron chi connectivity index (χ3n) is 6.11. The van der Waals surface area contributed by atoms with E-state index < -0.39 is 5.97 Å². The molecule has 0 radical (unpaired) electrons. The summed E-state index contributed by atoms with van der Waals surface area (Å²) in [6, 6.07) is 0. The van der Waals surface area contributed by atoms with Crippen LogP contribution >= 0.6 is 0 Å². The highest BCUT2D eigenvalue weighted by molar-refractivity contribution is 5.66. The van der Waals surface area contributed by atoms with Crippen LogP contribution in [0.4, 0.5) is 0 Å². The Balaban J connectivity index is 3.16. The summed E-state index contributed by atoms with van der Waals surface area (Å²) in [7, 11) is 0. The number of hydrogen-bond donors (Lipinski definition) is 1. The van der Waals surface area contributed by atoms with Gasteiger partial charge in [0.25, 0.3) is 0 Å². The van der Waals surface area contributed by atoms with Gasteiger partial charge in [-0.05, 0) is 44.4 Å². The number of rotatable bonds is 23. The molecule has 0 aliphatic carbocycles. The predicted molar refractivity (Wildman–Crippen MR) is 133 cm³/mol. The monoisotopic (exact) mass is 420 g/mol. The lowest BCUT2D eigenvalue weighted by atomic mass is 9.99. The van der Waals surface area contributed by atoms with E-state index in [0.29, 0.717) is 0 Å². The van der Waals surface area contributed by atoms with Gasteiger partial charge in [0.1, 0.15) is 0 Å². The highest BCUT2D eigenvalue weighted by Crippen LogP contribution is 2.15. The Bertz CT molecular complexity index is 411. The van der Waals surface area contributed by atoms with E-state index in [9.17, 15) is 4.79 Å². The summed E-state index contributed by atoms with van der Waals surface area (Å²) in [6.45, 7) is 4.69. The Morgan fingerprint density at radius 1 is 0.633 bits per heavy atom. The van der Waals surface area contributed by atoms with E-state index in [1.54, 1.807) is 0 Å². The molecule has 0 aliphatic heterocycles. The number of hydrogen-bond acceptors (Lipinski definition) is 1. The zero-order valence-corrected chi connectivity index (χ0v) is 20.4. The van der Waals surface area contributed by atoms with Crippen LogP contribution in [0.15, 0.2) is 24.3 Å². The number of carboxylic acid groups (broad SMARTS) is 1.